The van der Waals surface area contributed by atoms with Gasteiger partial charge in [0.15, 0.2) is 0 Å². The van der Waals surface area contributed by atoms with Crippen LogP contribution >= 0.6 is 0 Å². The number of ether oxygens (including phenoxy) is 1. The van der Waals surface area contributed by atoms with Gasteiger partial charge in [-0.05, 0) is 36.6 Å². The molecule has 0 atom stereocenters. The SMILES string of the molecule is COc1ccc(CCCC(=Nc2ccccc2C(=N)c2ccccc2)NNC(C)=O)cc1. The maximum absolute atomic E-state index is 11.4. The number of aryl methyl sites for hydroxylation is 1. The van der Waals surface area contributed by atoms with Gasteiger partial charge in [0.2, 0.25) is 5.91 Å². The van der Waals surface area contributed by atoms with E-state index in [1.54, 1.807) is 7.11 Å². The van der Waals surface area contributed by atoms with Crippen molar-refractivity contribution in [3.63, 3.8) is 0 Å². The molecule has 0 saturated heterocycles. The van der Waals surface area contributed by atoms with Crippen molar-refractivity contribution in [2.24, 2.45) is 4.99 Å². The summed E-state index contributed by atoms with van der Waals surface area (Å²) in [6, 6.07) is 25.1. The van der Waals surface area contributed by atoms with Crippen molar-refractivity contribution in [1.82, 2.24) is 10.9 Å². The number of nitrogens with zero attached hydrogens (tertiary/aromatic N) is 1. The van der Waals surface area contributed by atoms with Gasteiger partial charge in [-0.15, -0.1) is 0 Å². The largest absolute Gasteiger partial charge is 0.497 e. The summed E-state index contributed by atoms with van der Waals surface area (Å²) in [7, 11) is 1.65. The van der Waals surface area contributed by atoms with Crippen LogP contribution in [0.25, 0.3) is 0 Å². The lowest BCUT2D eigenvalue weighted by Crippen LogP contribution is -2.40. The average Bonchev–Trinajstić information content (AvgIpc) is 2.83. The Labute approximate surface area is 188 Å². The summed E-state index contributed by atoms with van der Waals surface area (Å²) < 4.78 is 5.21. The lowest BCUT2D eigenvalue weighted by molar-refractivity contribution is -0.119. The maximum atomic E-state index is 11.4. The predicted octanol–water partition coefficient (Wildman–Crippen LogP) is 4.80. The summed E-state index contributed by atoms with van der Waals surface area (Å²) in [4.78, 5) is 16.2. The van der Waals surface area contributed by atoms with Gasteiger partial charge in [-0.25, -0.2) is 4.99 Å². The second-order valence-electron chi connectivity index (χ2n) is 7.32. The van der Waals surface area contributed by atoms with E-state index >= 15 is 0 Å². The Kier molecular flexibility index (Phi) is 8.15. The molecule has 0 fully saturated rings. The van der Waals surface area contributed by atoms with E-state index in [0.29, 0.717) is 23.7 Å². The molecule has 32 heavy (non-hydrogen) atoms. The summed E-state index contributed by atoms with van der Waals surface area (Å²) in [6.45, 7) is 1.45. The molecule has 3 aromatic rings. The Hall–Kier alpha value is -3.93. The Bertz CT molecular complexity index is 1080. The van der Waals surface area contributed by atoms with Crippen molar-refractivity contribution < 1.29 is 9.53 Å². The first kappa shape index (κ1) is 22.7. The molecule has 0 spiro atoms. The molecule has 1 amide bonds. The van der Waals surface area contributed by atoms with Crippen LogP contribution < -0.4 is 15.6 Å². The van der Waals surface area contributed by atoms with Crippen LogP contribution in [0.2, 0.25) is 0 Å². The van der Waals surface area contributed by atoms with Crippen LogP contribution in [-0.4, -0.2) is 24.6 Å². The minimum atomic E-state index is -0.196. The molecule has 164 valence electrons. The number of rotatable bonds is 8. The molecular weight excluding hydrogens is 400 g/mol. The topological polar surface area (TPSA) is 86.6 Å². The van der Waals surface area contributed by atoms with Gasteiger partial charge in [0.1, 0.15) is 11.6 Å². The summed E-state index contributed by atoms with van der Waals surface area (Å²) in [5.41, 5.74) is 9.40. The number of aliphatic imine (C=N–C) groups is 1. The number of carbonyl (C=O) groups is 1. The molecule has 6 heteroatoms. The van der Waals surface area contributed by atoms with Crippen LogP contribution in [-0.2, 0) is 11.2 Å². The Balaban J connectivity index is 1.78. The number of methoxy groups -OCH3 is 1. The number of benzene rings is 3. The second kappa shape index (κ2) is 11.5. The summed E-state index contributed by atoms with van der Waals surface area (Å²) in [5.74, 6) is 1.28. The molecule has 0 bridgehead atoms. The van der Waals surface area contributed by atoms with Crippen molar-refractivity contribution in [2.45, 2.75) is 26.2 Å². The third kappa shape index (κ3) is 6.54. The summed E-state index contributed by atoms with van der Waals surface area (Å²) in [5, 5.41) is 8.64. The molecule has 0 aromatic heterocycles. The van der Waals surface area contributed by atoms with E-state index in [1.807, 2.05) is 78.9 Å². The highest BCUT2D eigenvalue weighted by atomic mass is 16.5. The standard InChI is InChI=1S/C26H28N4O2/c1-19(31)29-30-25(14-8-9-20-15-17-22(32-2)18-16-20)28-24-13-7-6-12-23(24)26(27)21-10-4-3-5-11-21/h3-7,10-13,15-18,27H,8-9,14H2,1-2H3,(H,28,30)(H,29,31). The normalized spacial score (nSPS) is 11.0. The van der Waals surface area contributed by atoms with Crippen LogP contribution in [0.15, 0.2) is 83.9 Å². The van der Waals surface area contributed by atoms with Crippen molar-refractivity contribution in [3.8, 4) is 5.75 Å². The fourth-order valence-electron chi connectivity index (χ4n) is 3.25. The third-order valence-corrected chi connectivity index (χ3v) is 4.91. The van der Waals surface area contributed by atoms with Gasteiger partial charge in [-0.3, -0.25) is 21.1 Å². The van der Waals surface area contributed by atoms with Crippen LogP contribution in [0.5, 0.6) is 5.75 Å². The van der Waals surface area contributed by atoms with Gasteiger partial charge < -0.3 is 4.74 Å². The van der Waals surface area contributed by atoms with E-state index < -0.39 is 0 Å². The summed E-state index contributed by atoms with van der Waals surface area (Å²) >= 11 is 0. The molecule has 0 aliphatic heterocycles. The number of carbonyl (C=O) groups excluding carboxylic acids is 1. The molecule has 3 rings (SSSR count). The van der Waals surface area contributed by atoms with Gasteiger partial charge >= 0.3 is 0 Å². The Morgan fingerprint density at radius 2 is 1.62 bits per heavy atom. The number of hydrogen-bond donors (Lipinski definition) is 3. The van der Waals surface area contributed by atoms with E-state index in [2.05, 4.69) is 10.9 Å². The van der Waals surface area contributed by atoms with Gasteiger partial charge in [0.05, 0.1) is 18.5 Å². The first-order chi connectivity index (χ1) is 15.6. The van der Waals surface area contributed by atoms with Crippen LogP contribution in [0.1, 0.15) is 36.5 Å². The molecule has 0 saturated carbocycles. The van der Waals surface area contributed by atoms with Gasteiger partial charge in [0.25, 0.3) is 0 Å². The highest BCUT2D eigenvalue weighted by Crippen LogP contribution is 2.23. The molecule has 3 aromatic carbocycles. The number of hydrazine groups is 1. The van der Waals surface area contributed by atoms with Gasteiger partial charge in [-0.1, -0.05) is 60.7 Å². The predicted molar refractivity (Wildman–Crippen MR) is 129 cm³/mol. The Morgan fingerprint density at radius 3 is 2.31 bits per heavy atom. The highest BCUT2D eigenvalue weighted by molar-refractivity contribution is 6.14. The van der Waals surface area contributed by atoms with Crippen molar-refractivity contribution in [3.05, 3.63) is 95.6 Å². The van der Waals surface area contributed by atoms with E-state index in [4.69, 9.17) is 15.1 Å². The van der Waals surface area contributed by atoms with Crippen LogP contribution in [0.3, 0.4) is 0 Å². The number of hydrogen-bond acceptors (Lipinski definition) is 4. The number of nitrogens with one attached hydrogen (secondary N) is 3. The minimum Gasteiger partial charge on any atom is -0.497 e. The number of para-hydroxylation sites is 1. The summed E-state index contributed by atoms with van der Waals surface area (Å²) in [6.07, 6.45) is 2.35. The molecule has 3 N–H and O–H groups in total. The van der Waals surface area contributed by atoms with E-state index in [0.717, 1.165) is 29.7 Å². The molecule has 0 radical (unpaired) electrons. The average molecular weight is 429 g/mol. The van der Waals surface area contributed by atoms with Crippen molar-refractivity contribution in [2.75, 3.05) is 7.11 Å². The first-order valence-corrected chi connectivity index (χ1v) is 10.5. The fraction of sp³-hybridized carbons (Fsp3) is 0.192. The first-order valence-electron chi connectivity index (χ1n) is 10.5. The minimum absolute atomic E-state index is 0.196. The highest BCUT2D eigenvalue weighted by Gasteiger charge is 2.10. The molecule has 0 heterocycles. The zero-order valence-electron chi connectivity index (χ0n) is 18.4. The molecule has 6 nitrogen and oxygen atoms in total. The molecular formula is C26H28N4O2. The second-order valence-corrected chi connectivity index (χ2v) is 7.32. The molecule has 0 aliphatic carbocycles. The molecule has 0 aliphatic rings. The monoisotopic (exact) mass is 428 g/mol. The van der Waals surface area contributed by atoms with Crippen LogP contribution in [0.4, 0.5) is 5.69 Å². The van der Waals surface area contributed by atoms with E-state index in [-0.39, 0.29) is 5.91 Å². The van der Waals surface area contributed by atoms with Gasteiger partial charge in [-0.2, -0.15) is 0 Å². The maximum Gasteiger partial charge on any atom is 0.235 e. The number of amidine groups is 1. The smallest absolute Gasteiger partial charge is 0.235 e. The Morgan fingerprint density at radius 1 is 0.938 bits per heavy atom. The van der Waals surface area contributed by atoms with E-state index in [9.17, 15) is 4.79 Å². The van der Waals surface area contributed by atoms with Crippen molar-refractivity contribution >= 4 is 23.1 Å². The van der Waals surface area contributed by atoms with Crippen LogP contribution in [0, 0.1) is 5.41 Å². The van der Waals surface area contributed by atoms with Gasteiger partial charge in [0, 0.05) is 24.5 Å². The van der Waals surface area contributed by atoms with Crippen molar-refractivity contribution in [1.29, 1.82) is 5.41 Å². The molecule has 0 unspecified atom stereocenters. The fourth-order valence-corrected chi connectivity index (χ4v) is 3.25. The zero-order chi connectivity index (χ0) is 22.8. The lowest BCUT2D eigenvalue weighted by Gasteiger charge is -2.13. The quantitative estimate of drug-likeness (QED) is 0.273. The number of amides is 1. The van der Waals surface area contributed by atoms with E-state index in [1.165, 1.54) is 12.5 Å². The zero-order valence-corrected chi connectivity index (χ0v) is 18.4. The lowest BCUT2D eigenvalue weighted by atomic mass is 10.0. The third-order valence-electron chi connectivity index (χ3n) is 4.91.